The van der Waals surface area contributed by atoms with Crippen LogP contribution in [0.3, 0.4) is 0 Å². The summed E-state index contributed by atoms with van der Waals surface area (Å²) in [7, 11) is 3.10. The van der Waals surface area contributed by atoms with E-state index in [1.807, 2.05) is 20.8 Å². The molecule has 1 saturated heterocycles. The minimum absolute atomic E-state index is 0.00782. The number of methoxy groups -OCH3 is 2. The molecule has 1 aliphatic rings. The molecule has 1 aliphatic heterocycles. The minimum Gasteiger partial charge on any atom is -0.374 e. The average Bonchev–Trinajstić information content (AvgIpc) is 2.54. The van der Waals surface area contributed by atoms with Crippen molar-refractivity contribution in [3.63, 3.8) is 0 Å². The van der Waals surface area contributed by atoms with Crippen LogP contribution in [-0.2, 0) is 19.0 Å². The van der Waals surface area contributed by atoms with Crippen LogP contribution in [0.2, 0.25) is 0 Å². The molecule has 1 rings (SSSR count). The van der Waals surface area contributed by atoms with E-state index in [4.69, 9.17) is 14.2 Å². The Kier molecular flexibility index (Phi) is 5.36. The molecular formula is C12H23NO4. The standard InChI is InChI=1S/C12H23NO4/c1-7-8(2)17-9(3)11(7)12(14)13-6-10(15-4)16-5/h7-11H,6H2,1-5H3,(H,13,14). The van der Waals surface area contributed by atoms with Crippen LogP contribution in [0.5, 0.6) is 0 Å². The summed E-state index contributed by atoms with van der Waals surface area (Å²) in [4.78, 5) is 12.0. The van der Waals surface area contributed by atoms with E-state index in [1.165, 1.54) is 0 Å². The smallest absolute Gasteiger partial charge is 0.226 e. The molecule has 4 unspecified atom stereocenters. The van der Waals surface area contributed by atoms with Crippen molar-refractivity contribution in [2.24, 2.45) is 11.8 Å². The highest BCUT2D eigenvalue weighted by atomic mass is 16.7. The number of hydrogen-bond donors (Lipinski definition) is 1. The maximum atomic E-state index is 12.0. The average molecular weight is 245 g/mol. The maximum absolute atomic E-state index is 12.0. The van der Waals surface area contributed by atoms with Crippen molar-refractivity contribution in [1.82, 2.24) is 5.32 Å². The zero-order valence-corrected chi connectivity index (χ0v) is 11.2. The van der Waals surface area contributed by atoms with Gasteiger partial charge in [0.15, 0.2) is 6.29 Å². The van der Waals surface area contributed by atoms with Gasteiger partial charge < -0.3 is 19.5 Å². The van der Waals surface area contributed by atoms with E-state index in [2.05, 4.69) is 5.32 Å². The SMILES string of the molecule is COC(CNC(=O)C1C(C)OC(C)C1C)OC. The fraction of sp³-hybridized carbons (Fsp3) is 0.917. The number of nitrogens with one attached hydrogen (secondary N) is 1. The van der Waals surface area contributed by atoms with E-state index in [9.17, 15) is 4.79 Å². The first-order valence-corrected chi connectivity index (χ1v) is 6.00. The monoisotopic (exact) mass is 245 g/mol. The van der Waals surface area contributed by atoms with Crippen LogP contribution in [0.25, 0.3) is 0 Å². The molecular weight excluding hydrogens is 222 g/mol. The van der Waals surface area contributed by atoms with Crippen LogP contribution >= 0.6 is 0 Å². The zero-order valence-electron chi connectivity index (χ0n) is 11.2. The summed E-state index contributed by atoms with van der Waals surface area (Å²) in [6.45, 7) is 6.34. The summed E-state index contributed by atoms with van der Waals surface area (Å²) in [5.41, 5.74) is 0. The maximum Gasteiger partial charge on any atom is 0.226 e. The summed E-state index contributed by atoms with van der Waals surface area (Å²) in [6, 6.07) is 0. The highest BCUT2D eigenvalue weighted by Gasteiger charge is 2.41. The van der Waals surface area contributed by atoms with Crippen LogP contribution in [0.4, 0.5) is 0 Å². The molecule has 0 radical (unpaired) electrons. The topological polar surface area (TPSA) is 56.8 Å². The van der Waals surface area contributed by atoms with Crippen molar-refractivity contribution in [2.75, 3.05) is 20.8 Å². The van der Waals surface area contributed by atoms with Gasteiger partial charge in [-0.25, -0.2) is 0 Å². The van der Waals surface area contributed by atoms with Crippen molar-refractivity contribution in [3.8, 4) is 0 Å². The van der Waals surface area contributed by atoms with E-state index in [0.29, 0.717) is 6.54 Å². The Hall–Kier alpha value is -0.650. The molecule has 0 saturated carbocycles. The van der Waals surface area contributed by atoms with Gasteiger partial charge in [-0.05, 0) is 19.8 Å². The van der Waals surface area contributed by atoms with Gasteiger partial charge in [0.2, 0.25) is 5.91 Å². The third-order valence-corrected chi connectivity index (χ3v) is 3.51. The van der Waals surface area contributed by atoms with Gasteiger partial charge in [-0.1, -0.05) is 6.92 Å². The summed E-state index contributed by atoms with van der Waals surface area (Å²) < 4.78 is 15.7. The van der Waals surface area contributed by atoms with Gasteiger partial charge in [-0.2, -0.15) is 0 Å². The van der Waals surface area contributed by atoms with E-state index in [-0.39, 0.29) is 30.0 Å². The van der Waals surface area contributed by atoms with Crippen LogP contribution in [0.15, 0.2) is 0 Å². The van der Waals surface area contributed by atoms with Gasteiger partial charge in [-0.15, -0.1) is 0 Å². The Morgan fingerprint density at radius 2 is 1.82 bits per heavy atom. The van der Waals surface area contributed by atoms with Gasteiger partial charge in [0.05, 0.1) is 24.7 Å². The number of carbonyl (C=O) groups excluding carboxylic acids is 1. The third kappa shape index (κ3) is 3.40. The normalized spacial score (nSPS) is 33.1. The second-order valence-electron chi connectivity index (χ2n) is 4.58. The van der Waals surface area contributed by atoms with E-state index in [0.717, 1.165) is 0 Å². The number of rotatable bonds is 5. The quantitative estimate of drug-likeness (QED) is 0.727. The molecule has 0 bridgehead atoms. The molecule has 1 N–H and O–H groups in total. The summed E-state index contributed by atoms with van der Waals surface area (Å²) in [5, 5.41) is 2.84. The molecule has 0 aromatic carbocycles. The predicted octanol–water partition coefficient (Wildman–Crippen LogP) is 0.781. The van der Waals surface area contributed by atoms with Crippen molar-refractivity contribution >= 4 is 5.91 Å². The van der Waals surface area contributed by atoms with Gasteiger partial charge in [-0.3, -0.25) is 4.79 Å². The minimum atomic E-state index is -0.399. The Bertz CT molecular complexity index is 255. The third-order valence-electron chi connectivity index (χ3n) is 3.51. The van der Waals surface area contributed by atoms with Crippen LogP contribution in [-0.4, -0.2) is 45.2 Å². The van der Waals surface area contributed by atoms with Crippen LogP contribution in [0.1, 0.15) is 20.8 Å². The second-order valence-corrected chi connectivity index (χ2v) is 4.58. The van der Waals surface area contributed by atoms with Crippen LogP contribution in [0, 0.1) is 11.8 Å². The Labute approximate surface area is 103 Å². The summed E-state index contributed by atoms with van der Waals surface area (Å²) in [6.07, 6.45) is -0.311. The molecule has 5 heteroatoms. The lowest BCUT2D eigenvalue weighted by Gasteiger charge is -2.20. The lowest BCUT2D eigenvalue weighted by Crippen LogP contribution is -2.41. The van der Waals surface area contributed by atoms with E-state index >= 15 is 0 Å². The molecule has 1 heterocycles. The molecule has 1 fully saturated rings. The number of ether oxygens (including phenoxy) is 3. The molecule has 0 aromatic rings. The first-order chi connectivity index (χ1) is 8.01. The fourth-order valence-corrected chi connectivity index (χ4v) is 2.28. The van der Waals surface area contributed by atoms with Gasteiger partial charge in [0, 0.05) is 14.2 Å². The van der Waals surface area contributed by atoms with Crippen molar-refractivity contribution in [3.05, 3.63) is 0 Å². The van der Waals surface area contributed by atoms with Crippen molar-refractivity contribution < 1.29 is 19.0 Å². The van der Waals surface area contributed by atoms with E-state index < -0.39 is 6.29 Å². The molecule has 0 spiro atoms. The van der Waals surface area contributed by atoms with Crippen molar-refractivity contribution in [2.45, 2.75) is 39.3 Å². The van der Waals surface area contributed by atoms with Gasteiger partial charge in [0.1, 0.15) is 0 Å². The molecule has 0 aliphatic carbocycles. The summed E-state index contributed by atoms with van der Waals surface area (Å²) in [5.74, 6) is 0.140. The lowest BCUT2D eigenvalue weighted by atomic mass is 9.89. The number of hydrogen-bond acceptors (Lipinski definition) is 4. The summed E-state index contributed by atoms with van der Waals surface area (Å²) >= 11 is 0. The highest BCUT2D eigenvalue weighted by molar-refractivity contribution is 5.79. The Morgan fingerprint density at radius 3 is 2.24 bits per heavy atom. The second kappa shape index (κ2) is 6.33. The number of carbonyl (C=O) groups is 1. The molecule has 17 heavy (non-hydrogen) atoms. The first kappa shape index (κ1) is 14.4. The largest absolute Gasteiger partial charge is 0.374 e. The Morgan fingerprint density at radius 1 is 1.24 bits per heavy atom. The van der Waals surface area contributed by atoms with E-state index in [1.54, 1.807) is 14.2 Å². The predicted molar refractivity (Wildman–Crippen MR) is 63.5 cm³/mol. The molecule has 100 valence electrons. The van der Waals surface area contributed by atoms with Gasteiger partial charge >= 0.3 is 0 Å². The lowest BCUT2D eigenvalue weighted by molar-refractivity contribution is -0.132. The molecule has 4 atom stereocenters. The molecule has 1 amide bonds. The highest BCUT2D eigenvalue weighted by Crippen LogP contribution is 2.32. The fourth-order valence-electron chi connectivity index (χ4n) is 2.28. The molecule has 0 aromatic heterocycles. The number of amides is 1. The van der Waals surface area contributed by atoms with Gasteiger partial charge in [0.25, 0.3) is 0 Å². The first-order valence-electron chi connectivity index (χ1n) is 6.00. The van der Waals surface area contributed by atoms with Crippen LogP contribution < -0.4 is 5.32 Å². The Balaban J connectivity index is 2.47. The molecule has 5 nitrogen and oxygen atoms in total. The van der Waals surface area contributed by atoms with Crippen molar-refractivity contribution in [1.29, 1.82) is 0 Å². The zero-order chi connectivity index (χ0) is 13.0.